The van der Waals surface area contributed by atoms with Crippen LogP contribution in [0.4, 0.5) is 0 Å². The molecule has 1 aromatic carbocycles. The van der Waals surface area contributed by atoms with Crippen molar-refractivity contribution in [1.29, 1.82) is 0 Å². The Balaban J connectivity index is 2.64. The van der Waals surface area contributed by atoms with E-state index in [0.717, 1.165) is 11.1 Å². The van der Waals surface area contributed by atoms with Gasteiger partial charge in [-0.2, -0.15) is 0 Å². The van der Waals surface area contributed by atoms with Gasteiger partial charge >= 0.3 is 0 Å². The molecule has 1 rings (SSSR count). The van der Waals surface area contributed by atoms with E-state index in [1.165, 1.54) is 0 Å². The van der Waals surface area contributed by atoms with Crippen LogP contribution in [0.25, 0.3) is 0 Å². The molecule has 0 aromatic heterocycles. The van der Waals surface area contributed by atoms with E-state index in [0.29, 0.717) is 6.42 Å². The SMILES string of the molecule is C=C(/C=C(\N)C(=O)NC)Cc1ccccc1. The van der Waals surface area contributed by atoms with Crippen LogP contribution in [0.5, 0.6) is 0 Å². The summed E-state index contributed by atoms with van der Waals surface area (Å²) in [4.78, 5) is 11.2. The van der Waals surface area contributed by atoms with Crippen LogP contribution in [0.1, 0.15) is 5.56 Å². The van der Waals surface area contributed by atoms with Gasteiger partial charge in [0.2, 0.25) is 0 Å². The van der Waals surface area contributed by atoms with E-state index in [1.54, 1.807) is 13.1 Å². The maximum absolute atomic E-state index is 11.2. The summed E-state index contributed by atoms with van der Waals surface area (Å²) in [6, 6.07) is 9.91. The lowest BCUT2D eigenvalue weighted by atomic mass is 10.1. The molecule has 0 aliphatic rings. The van der Waals surface area contributed by atoms with E-state index < -0.39 is 0 Å². The lowest BCUT2D eigenvalue weighted by Gasteiger charge is -2.03. The maximum atomic E-state index is 11.2. The van der Waals surface area contributed by atoms with Gasteiger partial charge in [0.15, 0.2) is 0 Å². The monoisotopic (exact) mass is 216 g/mol. The van der Waals surface area contributed by atoms with E-state index in [1.807, 2.05) is 30.3 Å². The Hall–Kier alpha value is -2.03. The molecule has 3 nitrogen and oxygen atoms in total. The number of benzene rings is 1. The van der Waals surface area contributed by atoms with Crippen molar-refractivity contribution in [2.75, 3.05) is 7.05 Å². The molecule has 0 atom stereocenters. The zero-order valence-electron chi connectivity index (χ0n) is 9.36. The second kappa shape index (κ2) is 5.75. The van der Waals surface area contributed by atoms with Crippen molar-refractivity contribution in [3.63, 3.8) is 0 Å². The van der Waals surface area contributed by atoms with Gasteiger partial charge in [0.25, 0.3) is 5.91 Å². The van der Waals surface area contributed by atoms with Crippen LogP contribution >= 0.6 is 0 Å². The highest BCUT2D eigenvalue weighted by Gasteiger charge is 2.02. The first-order chi connectivity index (χ1) is 7.63. The predicted molar refractivity (Wildman–Crippen MR) is 65.6 cm³/mol. The van der Waals surface area contributed by atoms with Gasteiger partial charge < -0.3 is 11.1 Å². The lowest BCUT2D eigenvalue weighted by molar-refractivity contribution is -0.117. The highest BCUT2D eigenvalue weighted by Crippen LogP contribution is 2.07. The van der Waals surface area contributed by atoms with Gasteiger partial charge in [-0.25, -0.2) is 0 Å². The van der Waals surface area contributed by atoms with Crippen LogP contribution in [0, 0.1) is 0 Å². The van der Waals surface area contributed by atoms with Crippen molar-refractivity contribution < 1.29 is 4.79 Å². The molecular weight excluding hydrogens is 200 g/mol. The Bertz CT molecular complexity index is 407. The number of nitrogens with one attached hydrogen (secondary N) is 1. The summed E-state index contributed by atoms with van der Waals surface area (Å²) in [7, 11) is 1.54. The number of hydrogen-bond donors (Lipinski definition) is 2. The van der Waals surface area contributed by atoms with E-state index in [2.05, 4.69) is 11.9 Å². The van der Waals surface area contributed by atoms with Crippen molar-refractivity contribution in [1.82, 2.24) is 5.32 Å². The van der Waals surface area contributed by atoms with Gasteiger partial charge in [-0.3, -0.25) is 4.79 Å². The van der Waals surface area contributed by atoms with E-state index in [9.17, 15) is 4.79 Å². The summed E-state index contributed by atoms with van der Waals surface area (Å²) in [5.41, 5.74) is 7.71. The number of rotatable bonds is 4. The Labute approximate surface area is 95.7 Å². The summed E-state index contributed by atoms with van der Waals surface area (Å²) in [5.74, 6) is -0.283. The molecule has 0 unspecified atom stereocenters. The van der Waals surface area contributed by atoms with Gasteiger partial charge in [-0.1, -0.05) is 36.9 Å². The quantitative estimate of drug-likeness (QED) is 0.590. The number of amides is 1. The van der Waals surface area contributed by atoms with Crippen LogP contribution in [0.2, 0.25) is 0 Å². The van der Waals surface area contributed by atoms with Gasteiger partial charge in [-0.15, -0.1) is 0 Å². The maximum Gasteiger partial charge on any atom is 0.266 e. The molecule has 16 heavy (non-hydrogen) atoms. The number of likely N-dealkylation sites (N-methyl/N-ethyl adjacent to an activating group) is 1. The zero-order chi connectivity index (χ0) is 12.0. The molecule has 0 spiro atoms. The molecule has 0 bridgehead atoms. The number of allylic oxidation sites excluding steroid dienone is 2. The Morgan fingerprint density at radius 3 is 2.62 bits per heavy atom. The fourth-order valence-electron chi connectivity index (χ4n) is 1.34. The number of hydrogen-bond acceptors (Lipinski definition) is 2. The highest BCUT2D eigenvalue weighted by atomic mass is 16.1. The third-order valence-electron chi connectivity index (χ3n) is 2.12. The largest absolute Gasteiger partial charge is 0.394 e. The summed E-state index contributed by atoms with van der Waals surface area (Å²) < 4.78 is 0. The van der Waals surface area contributed by atoms with Crippen LogP contribution in [-0.4, -0.2) is 13.0 Å². The van der Waals surface area contributed by atoms with Gasteiger partial charge in [0.05, 0.1) is 5.70 Å². The summed E-state index contributed by atoms with van der Waals surface area (Å²) in [5, 5.41) is 2.46. The number of carbonyl (C=O) groups excluding carboxylic acids is 1. The molecule has 3 heteroatoms. The van der Waals surface area contributed by atoms with Gasteiger partial charge in [0.1, 0.15) is 0 Å². The standard InChI is InChI=1S/C13H16N2O/c1-10(9-12(14)13(16)15-2)8-11-6-4-3-5-7-11/h3-7,9H,1,8,14H2,2H3,(H,15,16)/b12-9-. The Kier molecular flexibility index (Phi) is 4.33. The molecule has 0 fully saturated rings. The van der Waals surface area contributed by atoms with Crippen molar-refractivity contribution >= 4 is 5.91 Å². The minimum Gasteiger partial charge on any atom is -0.394 e. The molecular formula is C13H16N2O. The first kappa shape index (κ1) is 12.0. The summed E-state index contributed by atoms with van der Waals surface area (Å²) in [6.07, 6.45) is 2.30. The third kappa shape index (κ3) is 3.61. The molecule has 0 saturated heterocycles. The number of nitrogens with two attached hydrogens (primary N) is 1. The lowest BCUT2D eigenvalue weighted by Crippen LogP contribution is -2.24. The van der Waals surface area contributed by atoms with Crippen LogP contribution < -0.4 is 11.1 Å². The second-order valence-corrected chi connectivity index (χ2v) is 3.50. The fourth-order valence-corrected chi connectivity index (χ4v) is 1.34. The molecule has 0 saturated carbocycles. The second-order valence-electron chi connectivity index (χ2n) is 3.50. The normalized spacial score (nSPS) is 10.9. The van der Waals surface area contributed by atoms with Gasteiger partial charge in [0, 0.05) is 7.05 Å². The molecule has 0 radical (unpaired) electrons. The van der Waals surface area contributed by atoms with Crippen molar-refractivity contribution in [2.24, 2.45) is 5.73 Å². The average molecular weight is 216 g/mol. The molecule has 0 heterocycles. The predicted octanol–water partition coefficient (Wildman–Crippen LogP) is 1.37. The van der Waals surface area contributed by atoms with E-state index in [4.69, 9.17) is 5.73 Å². The van der Waals surface area contributed by atoms with Crippen LogP contribution in [0.15, 0.2) is 54.3 Å². The average Bonchev–Trinajstić information content (AvgIpc) is 2.29. The summed E-state index contributed by atoms with van der Waals surface area (Å²) in [6.45, 7) is 3.87. The molecule has 0 aliphatic carbocycles. The van der Waals surface area contributed by atoms with Crippen molar-refractivity contribution in [2.45, 2.75) is 6.42 Å². The first-order valence-corrected chi connectivity index (χ1v) is 5.04. The fraction of sp³-hybridized carbons (Fsp3) is 0.154. The molecule has 1 amide bonds. The molecule has 1 aromatic rings. The Morgan fingerprint density at radius 1 is 1.44 bits per heavy atom. The minimum absolute atomic E-state index is 0.184. The topological polar surface area (TPSA) is 55.1 Å². The molecule has 84 valence electrons. The number of carbonyl (C=O) groups is 1. The highest BCUT2D eigenvalue weighted by molar-refractivity contribution is 5.92. The zero-order valence-corrected chi connectivity index (χ0v) is 9.36. The van der Waals surface area contributed by atoms with E-state index >= 15 is 0 Å². The summed E-state index contributed by atoms with van der Waals surface area (Å²) >= 11 is 0. The van der Waals surface area contributed by atoms with Crippen molar-refractivity contribution in [3.05, 3.63) is 59.8 Å². The van der Waals surface area contributed by atoms with E-state index in [-0.39, 0.29) is 11.6 Å². The molecule has 0 aliphatic heterocycles. The first-order valence-electron chi connectivity index (χ1n) is 5.04. The molecule has 3 N–H and O–H groups in total. The minimum atomic E-state index is -0.283. The van der Waals surface area contributed by atoms with Crippen molar-refractivity contribution in [3.8, 4) is 0 Å². The van der Waals surface area contributed by atoms with Gasteiger partial charge in [-0.05, 0) is 23.6 Å². The smallest absolute Gasteiger partial charge is 0.266 e. The third-order valence-corrected chi connectivity index (χ3v) is 2.12. The van der Waals surface area contributed by atoms with Crippen LogP contribution in [0.3, 0.4) is 0 Å². The van der Waals surface area contributed by atoms with Crippen LogP contribution in [-0.2, 0) is 11.2 Å². The Morgan fingerprint density at radius 2 is 2.06 bits per heavy atom.